The van der Waals surface area contributed by atoms with E-state index in [0.717, 1.165) is 4.88 Å². The number of nitrogens with zero attached hydrogens (tertiary/aromatic N) is 2. The third kappa shape index (κ3) is 3.06. The van der Waals surface area contributed by atoms with Crippen molar-refractivity contribution in [1.82, 2.24) is 9.78 Å². The fraction of sp³-hybridized carbons (Fsp3) is 0.167. The predicted octanol–water partition coefficient (Wildman–Crippen LogP) is 2.90. The number of benzene rings is 1. The van der Waals surface area contributed by atoms with Gasteiger partial charge in [-0.1, -0.05) is 6.07 Å². The Morgan fingerprint density at radius 3 is 2.88 bits per heavy atom. The maximum absolute atomic E-state index is 12.6. The van der Waals surface area contributed by atoms with Crippen molar-refractivity contribution in [2.75, 3.05) is 12.1 Å². The zero-order valence-electron chi connectivity index (χ0n) is 13.8. The SMILES string of the molecule is CC(C(=O)Nc1ccc2c(c1)OCO2)n1nc(-c2cccs2)ccc1=O. The largest absolute Gasteiger partial charge is 0.454 e. The zero-order chi connectivity index (χ0) is 18.1. The molecule has 1 aliphatic heterocycles. The Labute approximate surface area is 152 Å². The summed E-state index contributed by atoms with van der Waals surface area (Å²) in [6, 6.07) is 11.3. The number of ether oxygens (including phenoxy) is 2. The van der Waals surface area contributed by atoms with E-state index in [1.165, 1.54) is 22.1 Å². The van der Waals surface area contributed by atoms with Crippen LogP contribution in [-0.2, 0) is 4.79 Å². The summed E-state index contributed by atoms with van der Waals surface area (Å²) in [5, 5.41) is 9.06. The van der Waals surface area contributed by atoms with Crippen LogP contribution in [0.15, 0.2) is 52.6 Å². The van der Waals surface area contributed by atoms with Gasteiger partial charge < -0.3 is 14.8 Å². The van der Waals surface area contributed by atoms with Crippen LogP contribution in [0.2, 0.25) is 0 Å². The molecule has 0 radical (unpaired) electrons. The van der Waals surface area contributed by atoms with E-state index in [9.17, 15) is 9.59 Å². The van der Waals surface area contributed by atoms with Crippen molar-refractivity contribution in [3.05, 3.63) is 58.2 Å². The Hall–Kier alpha value is -3.13. The molecule has 3 heterocycles. The Morgan fingerprint density at radius 1 is 1.23 bits per heavy atom. The number of thiophene rings is 1. The third-order valence-corrected chi connectivity index (χ3v) is 4.88. The van der Waals surface area contributed by atoms with Crippen molar-refractivity contribution < 1.29 is 14.3 Å². The number of anilines is 1. The van der Waals surface area contributed by atoms with Crippen LogP contribution in [0.5, 0.6) is 11.5 Å². The van der Waals surface area contributed by atoms with Gasteiger partial charge in [0, 0.05) is 17.8 Å². The maximum Gasteiger partial charge on any atom is 0.267 e. The zero-order valence-corrected chi connectivity index (χ0v) is 14.7. The van der Waals surface area contributed by atoms with Crippen molar-refractivity contribution in [1.29, 1.82) is 0 Å². The van der Waals surface area contributed by atoms with Gasteiger partial charge in [0.2, 0.25) is 12.7 Å². The Morgan fingerprint density at radius 2 is 2.08 bits per heavy atom. The molecule has 132 valence electrons. The topological polar surface area (TPSA) is 82.4 Å². The van der Waals surface area contributed by atoms with E-state index in [4.69, 9.17) is 9.47 Å². The summed E-state index contributed by atoms with van der Waals surface area (Å²) >= 11 is 1.52. The lowest BCUT2D eigenvalue weighted by molar-refractivity contribution is -0.119. The molecule has 1 N–H and O–H groups in total. The van der Waals surface area contributed by atoms with Crippen molar-refractivity contribution in [2.24, 2.45) is 0 Å². The number of carbonyl (C=O) groups is 1. The first-order valence-electron chi connectivity index (χ1n) is 7.96. The van der Waals surface area contributed by atoms with Crippen LogP contribution < -0.4 is 20.3 Å². The first kappa shape index (κ1) is 16.3. The van der Waals surface area contributed by atoms with Gasteiger partial charge >= 0.3 is 0 Å². The number of fused-ring (bicyclic) bond motifs is 1. The molecule has 0 aliphatic carbocycles. The number of aromatic nitrogens is 2. The van der Waals surface area contributed by atoms with Crippen LogP contribution >= 0.6 is 11.3 Å². The molecule has 1 amide bonds. The molecular formula is C18H15N3O4S. The number of nitrogens with one attached hydrogen (secondary N) is 1. The second-order valence-electron chi connectivity index (χ2n) is 5.71. The predicted molar refractivity (Wildman–Crippen MR) is 97.7 cm³/mol. The number of rotatable bonds is 4. The highest BCUT2D eigenvalue weighted by molar-refractivity contribution is 7.13. The summed E-state index contributed by atoms with van der Waals surface area (Å²) in [6.45, 7) is 1.80. The van der Waals surface area contributed by atoms with Crippen LogP contribution in [0.1, 0.15) is 13.0 Å². The monoisotopic (exact) mass is 369 g/mol. The number of amides is 1. The highest BCUT2D eigenvalue weighted by atomic mass is 32.1. The van der Waals surface area contributed by atoms with E-state index in [1.807, 2.05) is 17.5 Å². The number of hydrogen-bond acceptors (Lipinski definition) is 6. The molecule has 0 saturated carbocycles. The van der Waals surface area contributed by atoms with Crippen molar-refractivity contribution in [3.63, 3.8) is 0 Å². The van der Waals surface area contributed by atoms with Crippen molar-refractivity contribution in [2.45, 2.75) is 13.0 Å². The Kier molecular flexibility index (Phi) is 4.18. The van der Waals surface area contributed by atoms with E-state index >= 15 is 0 Å². The molecule has 0 bridgehead atoms. The molecular weight excluding hydrogens is 354 g/mol. The summed E-state index contributed by atoms with van der Waals surface area (Å²) in [7, 11) is 0. The maximum atomic E-state index is 12.6. The average molecular weight is 369 g/mol. The van der Waals surface area contributed by atoms with Crippen LogP contribution in [0.25, 0.3) is 10.6 Å². The van der Waals surface area contributed by atoms with E-state index in [-0.39, 0.29) is 18.3 Å². The fourth-order valence-electron chi connectivity index (χ4n) is 2.59. The standard InChI is InChI=1S/C18H15N3O4S/c1-11(18(23)19-12-4-6-14-15(9-12)25-10-24-14)21-17(22)7-5-13(20-21)16-3-2-8-26-16/h2-9,11H,10H2,1H3,(H,19,23). The fourth-order valence-corrected chi connectivity index (χ4v) is 3.28. The highest BCUT2D eigenvalue weighted by Crippen LogP contribution is 2.34. The molecule has 2 aromatic heterocycles. The van der Waals surface area contributed by atoms with Gasteiger partial charge in [-0.3, -0.25) is 9.59 Å². The van der Waals surface area contributed by atoms with Gasteiger partial charge in [0.15, 0.2) is 11.5 Å². The van der Waals surface area contributed by atoms with Gasteiger partial charge in [-0.05, 0) is 36.6 Å². The highest BCUT2D eigenvalue weighted by Gasteiger charge is 2.20. The van der Waals surface area contributed by atoms with E-state index in [1.54, 1.807) is 31.2 Å². The second kappa shape index (κ2) is 6.64. The van der Waals surface area contributed by atoms with Gasteiger partial charge in [-0.15, -0.1) is 11.3 Å². The van der Waals surface area contributed by atoms with Gasteiger partial charge in [0.05, 0.1) is 4.88 Å². The van der Waals surface area contributed by atoms with Gasteiger partial charge in [0.1, 0.15) is 11.7 Å². The molecule has 26 heavy (non-hydrogen) atoms. The van der Waals surface area contributed by atoms with Crippen LogP contribution in [0.4, 0.5) is 5.69 Å². The van der Waals surface area contributed by atoms with Crippen LogP contribution in [0.3, 0.4) is 0 Å². The molecule has 3 aromatic rings. The smallest absolute Gasteiger partial charge is 0.267 e. The molecule has 0 spiro atoms. The summed E-state index contributed by atoms with van der Waals surface area (Å²) in [4.78, 5) is 25.7. The quantitative estimate of drug-likeness (QED) is 0.765. The summed E-state index contributed by atoms with van der Waals surface area (Å²) in [5.41, 5.74) is 0.884. The first-order chi connectivity index (χ1) is 12.6. The summed E-state index contributed by atoms with van der Waals surface area (Å²) in [6.07, 6.45) is 0. The second-order valence-corrected chi connectivity index (χ2v) is 6.66. The molecule has 7 nitrogen and oxygen atoms in total. The lowest BCUT2D eigenvalue weighted by Crippen LogP contribution is -2.33. The molecule has 0 fully saturated rings. The minimum absolute atomic E-state index is 0.165. The molecule has 8 heteroatoms. The van der Waals surface area contributed by atoms with Gasteiger partial charge in [0.25, 0.3) is 5.56 Å². The number of hydrogen-bond donors (Lipinski definition) is 1. The van der Waals surface area contributed by atoms with Gasteiger partial charge in [-0.2, -0.15) is 5.10 Å². The summed E-state index contributed by atoms with van der Waals surface area (Å²) < 4.78 is 11.7. The first-order valence-corrected chi connectivity index (χ1v) is 8.84. The molecule has 0 saturated heterocycles. The lowest BCUT2D eigenvalue weighted by atomic mass is 10.2. The van der Waals surface area contributed by atoms with Crippen molar-refractivity contribution in [3.8, 4) is 22.1 Å². The Balaban J connectivity index is 1.57. The summed E-state index contributed by atoms with van der Waals surface area (Å²) in [5.74, 6) is 0.866. The van der Waals surface area contributed by atoms with Crippen LogP contribution in [-0.4, -0.2) is 22.5 Å². The molecule has 1 aliphatic rings. The minimum Gasteiger partial charge on any atom is -0.454 e. The molecule has 4 rings (SSSR count). The minimum atomic E-state index is -0.771. The third-order valence-electron chi connectivity index (χ3n) is 3.99. The number of carbonyl (C=O) groups excluding carboxylic acids is 1. The Bertz CT molecular complexity index is 1010. The van der Waals surface area contributed by atoms with Crippen molar-refractivity contribution >= 4 is 22.9 Å². The van der Waals surface area contributed by atoms with E-state index in [0.29, 0.717) is 22.9 Å². The molecule has 1 aromatic carbocycles. The van der Waals surface area contributed by atoms with Crippen LogP contribution in [0, 0.1) is 0 Å². The van der Waals surface area contributed by atoms with E-state index < -0.39 is 6.04 Å². The van der Waals surface area contributed by atoms with E-state index in [2.05, 4.69) is 10.4 Å². The average Bonchev–Trinajstić information content (AvgIpc) is 3.33. The normalized spacial score (nSPS) is 13.4. The lowest BCUT2D eigenvalue weighted by Gasteiger charge is -2.15. The molecule has 1 unspecified atom stereocenters. The van der Waals surface area contributed by atoms with Gasteiger partial charge in [-0.25, -0.2) is 4.68 Å². The molecule has 1 atom stereocenters.